The molecule has 8 aliphatic rings. The fourth-order valence-corrected chi connectivity index (χ4v) is 15.4. The third-order valence-electron chi connectivity index (χ3n) is 15.5. The van der Waals surface area contributed by atoms with E-state index in [-0.39, 0.29) is 5.92 Å². The fraction of sp³-hybridized carbons (Fsp3) is 0.167. The summed E-state index contributed by atoms with van der Waals surface area (Å²) in [6, 6.07) is 41.3. The van der Waals surface area contributed by atoms with E-state index in [0.29, 0.717) is 22.3 Å². The number of aryl methyl sites for hydroxylation is 1. The van der Waals surface area contributed by atoms with Gasteiger partial charge in [-0.3, -0.25) is 4.57 Å². The first-order chi connectivity index (χ1) is 32.2. The molecule has 4 heterocycles. The zero-order valence-corrected chi connectivity index (χ0v) is 37.4. The van der Waals surface area contributed by atoms with E-state index in [2.05, 4.69) is 186 Å². The minimum absolute atomic E-state index is 0.272. The van der Waals surface area contributed by atoms with Crippen molar-refractivity contribution in [2.45, 2.75) is 64.4 Å². The van der Waals surface area contributed by atoms with Crippen molar-refractivity contribution in [2.75, 3.05) is 0 Å². The van der Waals surface area contributed by atoms with Crippen LogP contribution in [0.4, 0.5) is 0 Å². The van der Waals surface area contributed by atoms with Crippen LogP contribution in [0.15, 0.2) is 179 Å². The molecule has 310 valence electrons. The van der Waals surface area contributed by atoms with Crippen LogP contribution in [0.1, 0.15) is 81.3 Å². The summed E-state index contributed by atoms with van der Waals surface area (Å²) in [4.78, 5) is 12.9. The lowest BCUT2D eigenvalue weighted by atomic mass is 9.72. The second-order valence-corrected chi connectivity index (χ2v) is 21.2. The van der Waals surface area contributed by atoms with Crippen LogP contribution >= 0.6 is 23.5 Å². The molecule has 0 saturated carbocycles. The van der Waals surface area contributed by atoms with Crippen molar-refractivity contribution < 1.29 is 0 Å². The molecule has 0 amide bonds. The van der Waals surface area contributed by atoms with Gasteiger partial charge in [0.05, 0.1) is 16.9 Å². The molecule has 6 aliphatic carbocycles. The zero-order valence-electron chi connectivity index (χ0n) is 35.7. The quantitative estimate of drug-likeness (QED) is 0.165. The molecule has 0 N–H and O–H groups in total. The van der Waals surface area contributed by atoms with Crippen molar-refractivity contribution in [3.05, 3.63) is 220 Å². The molecule has 0 radical (unpaired) electrons. The summed E-state index contributed by atoms with van der Waals surface area (Å²) in [5.41, 5.74) is 24.2. The first-order valence-corrected chi connectivity index (χ1v) is 25.2. The lowest BCUT2D eigenvalue weighted by Crippen LogP contribution is -2.20. The summed E-state index contributed by atoms with van der Waals surface area (Å²) in [6.45, 7) is 0. The molecular weight excluding hydrogens is 827 g/mol. The highest BCUT2D eigenvalue weighted by Gasteiger charge is 2.45. The Labute approximate surface area is 387 Å². The average molecular weight is 870 g/mol. The molecule has 5 heteroatoms. The van der Waals surface area contributed by atoms with E-state index in [9.17, 15) is 0 Å². The number of hydrogen-bond donors (Lipinski definition) is 0. The summed E-state index contributed by atoms with van der Waals surface area (Å²) in [5, 5.41) is 3.19. The Morgan fingerprint density at radius 2 is 1.54 bits per heavy atom. The molecule has 0 bridgehead atoms. The number of thioether (sulfide) groups is 2. The monoisotopic (exact) mass is 869 g/mol. The van der Waals surface area contributed by atoms with Crippen molar-refractivity contribution >= 4 is 57.2 Å². The van der Waals surface area contributed by atoms with Gasteiger partial charge in [0.2, 0.25) is 5.95 Å². The Kier molecular flexibility index (Phi) is 7.97. The number of rotatable bonds is 4. The summed E-state index contributed by atoms with van der Waals surface area (Å²) in [7, 11) is 0. The van der Waals surface area contributed by atoms with Crippen LogP contribution in [0.2, 0.25) is 0 Å². The largest absolute Gasteiger partial charge is 0.278 e. The lowest BCUT2D eigenvalue weighted by molar-refractivity contribution is 0.615. The van der Waals surface area contributed by atoms with Crippen molar-refractivity contribution in [2.24, 2.45) is 5.92 Å². The maximum atomic E-state index is 5.81. The van der Waals surface area contributed by atoms with E-state index in [4.69, 9.17) is 9.97 Å². The topological polar surface area (TPSA) is 30.7 Å². The predicted octanol–water partition coefficient (Wildman–Crippen LogP) is 14.8. The zero-order chi connectivity index (χ0) is 42.3. The number of nitrogens with zero attached hydrogens (tertiary/aromatic N) is 3. The van der Waals surface area contributed by atoms with Crippen molar-refractivity contribution in [3.8, 4) is 28.3 Å². The Balaban J connectivity index is 0.946. The van der Waals surface area contributed by atoms with Gasteiger partial charge in [-0.15, -0.1) is 11.8 Å². The van der Waals surface area contributed by atoms with Gasteiger partial charge in [-0.2, -0.15) is 0 Å². The maximum Gasteiger partial charge on any atom is 0.236 e. The maximum absolute atomic E-state index is 5.81. The fourth-order valence-electron chi connectivity index (χ4n) is 12.8. The molecule has 5 atom stereocenters. The van der Waals surface area contributed by atoms with Gasteiger partial charge in [0.1, 0.15) is 5.03 Å². The number of hydrogen-bond acceptors (Lipinski definition) is 4. The standard InChI is InChI=1S/C60H43N3S2/c1-2-12-34(13-3-1)42-22-9-15-36-16-10-23-43(51(36)42)37-17-8-19-40(32-37)58-54-45-21-6-7-25-48(45)65-59(54)62-60(61-58)63-46-24-11-18-38-33-39-27-26-35-14-4-5-20-41(35)44-28-30-49-56(52(39)44)57-50(64-49)31-29-47(63)55(57)53(38)46/h1-15,17-24,28-32,36,39,48,50,57H,16,25-27,33H2. The van der Waals surface area contributed by atoms with Crippen molar-refractivity contribution in [1.82, 2.24) is 14.5 Å². The van der Waals surface area contributed by atoms with Crippen LogP contribution in [0.5, 0.6) is 0 Å². The van der Waals surface area contributed by atoms with Gasteiger partial charge in [0, 0.05) is 43.7 Å². The highest BCUT2D eigenvalue weighted by molar-refractivity contribution is 8.01. The molecule has 65 heavy (non-hydrogen) atoms. The summed E-state index contributed by atoms with van der Waals surface area (Å²) < 4.78 is 2.45. The van der Waals surface area contributed by atoms with E-state index in [1.165, 1.54) is 88.3 Å². The second kappa shape index (κ2) is 14.1. The molecule has 7 aromatic rings. The van der Waals surface area contributed by atoms with Gasteiger partial charge >= 0.3 is 0 Å². The van der Waals surface area contributed by atoms with Crippen LogP contribution < -0.4 is 0 Å². The minimum Gasteiger partial charge on any atom is -0.278 e. The van der Waals surface area contributed by atoms with E-state index in [1.54, 1.807) is 11.1 Å². The normalized spacial score (nSPS) is 23.3. The molecule has 5 unspecified atom stereocenters. The highest BCUT2D eigenvalue weighted by Crippen LogP contribution is 2.61. The van der Waals surface area contributed by atoms with Gasteiger partial charge in [-0.05, 0) is 135 Å². The Bertz CT molecular complexity index is 3500. The Morgan fingerprint density at radius 3 is 2.51 bits per heavy atom. The van der Waals surface area contributed by atoms with E-state index in [1.807, 2.05) is 11.8 Å². The van der Waals surface area contributed by atoms with Gasteiger partial charge in [-0.1, -0.05) is 157 Å². The SMILES string of the molecule is C1=CCC2Sc3nc(-n4c5c6c7c(cccc74)CC4CCc7ccccc7-c7ccc8c(c74)C6C(C=C5)S8)nc(-c4cccc(C5=C6C(c7ccccc7)=CC=CC6CC=C5)c4)c3C2=C1. The molecular formula is C60H43N3S2. The third-order valence-corrected chi connectivity index (χ3v) is 18.0. The van der Waals surface area contributed by atoms with E-state index in [0.717, 1.165) is 54.3 Å². The Hall–Kier alpha value is -6.40. The molecule has 2 aliphatic heterocycles. The van der Waals surface area contributed by atoms with Crippen LogP contribution in [0.25, 0.3) is 62.0 Å². The van der Waals surface area contributed by atoms with Crippen molar-refractivity contribution in [3.63, 3.8) is 0 Å². The molecule has 5 aromatic carbocycles. The second-order valence-electron chi connectivity index (χ2n) is 18.8. The van der Waals surface area contributed by atoms with Crippen LogP contribution in [-0.4, -0.2) is 25.0 Å². The van der Waals surface area contributed by atoms with Crippen LogP contribution in [0.3, 0.4) is 0 Å². The summed E-state index contributed by atoms with van der Waals surface area (Å²) in [5.74, 6) is 1.84. The van der Waals surface area contributed by atoms with E-state index >= 15 is 0 Å². The molecule has 0 saturated heterocycles. The lowest BCUT2D eigenvalue weighted by Gasteiger charge is -2.30. The van der Waals surface area contributed by atoms with Crippen molar-refractivity contribution in [1.29, 1.82) is 0 Å². The predicted molar refractivity (Wildman–Crippen MR) is 271 cm³/mol. The smallest absolute Gasteiger partial charge is 0.236 e. The number of allylic oxidation sites excluding steroid dienone is 11. The van der Waals surface area contributed by atoms with Gasteiger partial charge in [0.15, 0.2) is 0 Å². The number of aromatic nitrogens is 3. The molecule has 2 aromatic heterocycles. The summed E-state index contributed by atoms with van der Waals surface area (Å²) in [6.07, 6.45) is 28.7. The third kappa shape index (κ3) is 5.34. The minimum atomic E-state index is 0.272. The van der Waals surface area contributed by atoms with Crippen LogP contribution in [0, 0.1) is 5.92 Å². The number of benzene rings is 5. The van der Waals surface area contributed by atoms with Gasteiger partial charge < -0.3 is 0 Å². The average Bonchev–Trinajstić information content (AvgIpc) is 4.01. The first kappa shape index (κ1) is 36.9. The van der Waals surface area contributed by atoms with Crippen LogP contribution in [-0.2, 0) is 12.8 Å². The Morgan fingerprint density at radius 1 is 0.662 bits per heavy atom. The molecule has 0 spiro atoms. The molecule has 3 nitrogen and oxygen atoms in total. The summed E-state index contributed by atoms with van der Waals surface area (Å²) >= 11 is 3.99. The van der Waals surface area contributed by atoms with Gasteiger partial charge in [-0.25, -0.2) is 9.97 Å². The first-order valence-electron chi connectivity index (χ1n) is 23.4. The highest BCUT2D eigenvalue weighted by atomic mass is 32.2. The van der Waals surface area contributed by atoms with Gasteiger partial charge in [0.25, 0.3) is 0 Å². The molecule has 0 fully saturated rings. The van der Waals surface area contributed by atoms with E-state index < -0.39 is 0 Å². The number of fused-ring (bicyclic) bond motifs is 6. The molecule has 15 rings (SSSR count).